The van der Waals surface area contributed by atoms with Crippen molar-refractivity contribution in [3.05, 3.63) is 44.2 Å². The Balaban J connectivity index is 0.000000850. The van der Waals surface area contributed by atoms with Crippen molar-refractivity contribution in [2.75, 3.05) is 26.0 Å². The first-order chi connectivity index (χ1) is 18.8. The molecule has 3 aliphatic carbocycles. The lowest BCUT2D eigenvalue weighted by Crippen LogP contribution is -2.65. The summed E-state index contributed by atoms with van der Waals surface area (Å²) >= 11 is 0. The van der Waals surface area contributed by atoms with Crippen molar-refractivity contribution in [2.45, 2.75) is 31.4 Å². The number of rotatable bonds is 5. The Morgan fingerprint density at radius 1 is 1.24 bits per heavy atom. The molecule has 4 rings (SSSR count). The van der Waals surface area contributed by atoms with E-state index in [9.17, 15) is 44.9 Å². The molecular formula is C23H28N4O13S. The van der Waals surface area contributed by atoms with Gasteiger partial charge in [-0.25, -0.2) is 0 Å². The molecule has 1 aromatic rings. The van der Waals surface area contributed by atoms with Gasteiger partial charge in [0.1, 0.15) is 17.1 Å². The first kappa shape index (κ1) is 31.4. The van der Waals surface area contributed by atoms with Crippen LogP contribution in [0.25, 0.3) is 5.76 Å². The third-order valence-electron chi connectivity index (χ3n) is 7.26. The Labute approximate surface area is 232 Å². The number of hydrogen-bond donors (Lipinski definition) is 8. The number of hydrogen-bond acceptors (Lipinski definition) is 13. The van der Waals surface area contributed by atoms with Gasteiger partial charge >= 0.3 is 16.1 Å². The zero-order valence-corrected chi connectivity index (χ0v) is 22.7. The van der Waals surface area contributed by atoms with Crippen molar-refractivity contribution in [1.82, 2.24) is 4.90 Å². The van der Waals surface area contributed by atoms with Gasteiger partial charge in [-0.15, -0.1) is 0 Å². The molecule has 3 unspecified atom stereocenters. The highest BCUT2D eigenvalue weighted by Crippen LogP contribution is 2.54. The highest BCUT2D eigenvalue weighted by atomic mass is 32.3. The largest absolute Gasteiger partial charge is 0.508 e. The van der Waals surface area contributed by atoms with Crippen LogP contribution in [0.4, 0.5) is 11.4 Å². The fourth-order valence-electron chi connectivity index (χ4n) is 5.78. The van der Waals surface area contributed by atoms with Crippen LogP contribution in [-0.2, 0) is 31.2 Å². The number of aliphatic hydroxyl groups excluding tert-OH is 2. The average Bonchev–Trinajstić information content (AvgIpc) is 2.81. The molecule has 0 spiro atoms. The number of primary amides is 1. The van der Waals surface area contributed by atoms with E-state index < -0.39 is 84.8 Å². The number of phenols is 1. The molecule has 0 saturated heterocycles. The fourth-order valence-corrected chi connectivity index (χ4v) is 5.78. The maximum Gasteiger partial charge on any atom is 0.394 e. The summed E-state index contributed by atoms with van der Waals surface area (Å²) in [6, 6.07) is -0.0573. The normalized spacial score (nSPS) is 25.6. The molecule has 18 heteroatoms. The van der Waals surface area contributed by atoms with E-state index in [1.807, 2.05) is 0 Å². The summed E-state index contributed by atoms with van der Waals surface area (Å²) in [6.45, 7) is 2.11. The number of nitro groups is 1. The molecule has 0 bridgehead atoms. The number of fused-ring (bicyclic) bond motifs is 3. The smallest absolute Gasteiger partial charge is 0.394 e. The zero-order valence-electron chi connectivity index (χ0n) is 21.9. The van der Waals surface area contributed by atoms with Gasteiger partial charge < -0.3 is 31.5 Å². The van der Waals surface area contributed by atoms with E-state index in [4.69, 9.17) is 23.3 Å². The van der Waals surface area contributed by atoms with Crippen molar-refractivity contribution < 1.29 is 57.3 Å². The second-order valence-corrected chi connectivity index (χ2v) is 10.7. The molecule has 224 valence electrons. The number of ketones is 2. The molecule has 1 aromatic carbocycles. The molecule has 41 heavy (non-hydrogen) atoms. The first-order valence-electron chi connectivity index (χ1n) is 11.9. The minimum absolute atomic E-state index is 0.0302. The van der Waals surface area contributed by atoms with Crippen LogP contribution in [0.5, 0.6) is 5.75 Å². The van der Waals surface area contributed by atoms with Crippen molar-refractivity contribution in [2.24, 2.45) is 17.6 Å². The van der Waals surface area contributed by atoms with E-state index in [0.29, 0.717) is 12.1 Å². The second kappa shape index (κ2) is 10.7. The number of Topliss-reactive ketones (excluding diaryl/α,β-unsaturated/α-hetero) is 2. The summed E-state index contributed by atoms with van der Waals surface area (Å²) in [5.74, 6) is -8.18. The first-order valence-corrected chi connectivity index (χ1v) is 13.3. The van der Waals surface area contributed by atoms with Crippen LogP contribution in [0.1, 0.15) is 24.5 Å². The lowest BCUT2D eigenvalue weighted by Gasteiger charge is -2.50. The molecule has 0 radical (unpaired) electrons. The Morgan fingerprint density at radius 3 is 2.27 bits per heavy atom. The van der Waals surface area contributed by atoms with Crippen LogP contribution in [0.3, 0.4) is 0 Å². The summed E-state index contributed by atoms with van der Waals surface area (Å²) in [5, 5.41) is 58.7. The van der Waals surface area contributed by atoms with Crippen LogP contribution in [0.2, 0.25) is 0 Å². The Hall–Kier alpha value is -4.10. The summed E-state index contributed by atoms with van der Waals surface area (Å²) in [7, 11) is -1.65. The average molecular weight is 601 g/mol. The molecule has 3 aliphatic rings. The molecule has 0 aliphatic heterocycles. The number of amides is 1. The predicted molar refractivity (Wildman–Crippen MR) is 139 cm³/mol. The number of nitro benzene ring substituents is 1. The number of carbonyl (C=O) groups is 3. The maximum absolute atomic E-state index is 13.8. The molecule has 1 saturated carbocycles. The van der Waals surface area contributed by atoms with Crippen molar-refractivity contribution in [1.29, 1.82) is 0 Å². The third kappa shape index (κ3) is 5.22. The topological polar surface area (TPSA) is 291 Å². The number of carbonyl (C=O) groups excluding carboxylic acids is 3. The number of nitrogens with two attached hydrogens (primary N) is 1. The van der Waals surface area contributed by atoms with Gasteiger partial charge in [0, 0.05) is 29.8 Å². The van der Waals surface area contributed by atoms with Crippen LogP contribution in [0, 0.1) is 22.0 Å². The molecule has 4 atom stereocenters. The molecular weight excluding hydrogens is 572 g/mol. The van der Waals surface area contributed by atoms with Crippen molar-refractivity contribution in [3.8, 4) is 5.75 Å². The summed E-state index contributed by atoms with van der Waals surface area (Å²) < 4.78 is 31.6. The van der Waals surface area contributed by atoms with Crippen LogP contribution in [0.15, 0.2) is 23.0 Å². The zero-order chi connectivity index (χ0) is 31.4. The van der Waals surface area contributed by atoms with E-state index in [-0.39, 0.29) is 29.7 Å². The summed E-state index contributed by atoms with van der Waals surface area (Å²) in [6.07, 6.45) is -0.0441. The predicted octanol–water partition coefficient (Wildman–Crippen LogP) is -0.349. The standard InChI is InChI=1S/C23H26N4O9.H2O4S/c1-4-25-11-7-12(27(35)36)17(28)14-9(11)5-8-6-10-16(26(2)3)19(30)15(22(24)33)21(32)23(10,34)20(31)13(8)18(14)29;1-5(2,3)4/h7-8,10,16,25,28-29,32,34H,4-6H2,1-3H3,(H2,24,33);(H2,1,2,3,4)/t8?,10?,16-,23?;/m0./s1. The lowest BCUT2D eigenvalue weighted by molar-refractivity contribution is -0.385. The van der Waals surface area contributed by atoms with Gasteiger partial charge in [0.25, 0.3) is 5.91 Å². The van der Waals surface area contributed by atoms with Gasteiger partial charge in [0.2, 0.25) is 11.5 Å². The number of nitrogens with zero attached hydrogens (tertiary/aromatic N) is 2. The number of nitrogens with one attached hydrogen (secondary N) is 1. The molecule has 0 aromatic heterocycles. The van der Waals surface area contributed by atoms with Gasteiger partial charge in [-0.1, -0.05) is 0 Å². The van der Waals surface area contributed by atoms with E-state index in [1.165, 1.54) is 19.0 Å². The molecule has 0 heterocycles. The Bertz CT molecular complexity index is 1520. The number of likely N-dealkylation sites (N-methyl/N-ethyl adjacent to an activating group) is 1. The van der Waals surface area contributed by atoms with Gasteiger partial charge in [0.15, 0.2) is 11.4 Å². The fraction of sp³-hybridized carbons (Fsp3) is 0.435. The second-order valence-electron chi connectivity index (χ2n) is 9.84. The number of aliphatic hydroxyl groups is 3. The molecule has 17 nitrogen and oxygen atoms in total. The summed E-state index contributed by atoms with van der Waals surface area (Å²) in [5.41, 5.74) is 0.786. The van der Waals surface area contributed by atoms with E-state index in [0.717, 1.165) is 6.07 Å². The number of aromatic hydroxyl groups is 1. The van der Waals surface area contributed by atoms with Gasteiger partial charge in [-0.3, -0.25) is 38.5 Å². The van der Waals surface area contributed by atoms with Crippen LogP contribution < -0.4 is 11.1 Å². The highest BCUT2D eigenvalue weighted by molar-refractivity contribution is 7.79. The van der Waals surface area contributed by atoms with Crippen LogP contribution >= 0.6 is 0 Å². The highest BCUT2D eigenvalue weighted by Gasteiger charge is 2.64. The quantitative estimate of drug-likeness (QED) is 0.0704. The minimum Gasteiger partial charge on any atom is -0.508 e. The monoisotopic (exact) mass is 600 g/mol. The number of phenolic OH excluding ortho intramolecular Hbond substituents is 1. The van der Waals surface area contributed by atoms with E-state index in [1.54, 1.807) is 6.92 Å². The van der Waals surface area contributed by atoms with Gasteiger partial charge in [-0.2, -0.15) is 8.42 Å². The maximum atomic E-state index is 13.8. The van der Waals surface area contributed by atoms with E-state index >= 15 is 0 Å². The molecule has 1 fully saturated rings. The number of benzene rings is 1. The van der Waals surface area contributed by atoms with E-state index in [2.05, 4.69) is 5.32 Å². The van der Waals surface area contributed by atoms with Crippen LogP contribution in [-0.4, -0.2) is 97.5 Å². The minimum atomic E-state index is -4.67. The number of anilines is 1. The Kier molecular flexibility index (Phi) is 8.21. The van der Waals surface area contributed by atoms with Crippen molar-refractivity contribution >= 4 is 45.0 Å². The SMILES string of the molecule is CCNc1cc([N+](=O)[O-])c(O)c2c1CC1CC3[C@H](N(C)C)C(=O)C(C(N)=O)=C(O)C3(O)C(=O)C1=C2O.O=S(=O)(O)O. The molecule has 9 N–H and O–H groups in total. The Morgan fingerprint density at radius 2 is 1.80 bits per heavy atom. The third-order valence-corrected chi connectivity index (χ3v) is 7.26. The summed E-state index contributed by atoms with van der Waals surface area (Å²) in [4.78, 5) is 50.9. The van der Waals surface area contributed by atoms with Gasteiger partial charge in [0.05, 0.1) is 16.5 Å². The van der Waals surface area contributed by atoms with Crippen molar-refractivity contribution in [3.63, 3.8) is 0 Å². The molecule has 1 amide bonds. The van der Waals surface area contributed by atoms with Gasteiger partial charge in [-0.05, 0) is 45.3 Å². The lowest BCUT2D eigenvalue weighted by atomic mass is 9.57.